The van der Waals surface area contributed by atoms with Gasteiger partial charge in [0, 0.05) is 6.54 Å². The summed E-state index contributed by atoms with van der Waals surface area (Å²) >= 11 is 0. The van der Waals surface area contributed by atoms with Crippen LogP contribution in [0, 0.1) is 29.4 Å². The van der Waals surface area contributed by atoms with Crippen molar-refractivity contribution >= 4 is 5.69 Å². The third kappa shape index (κ3) is 2.15. The van der Waals surface area contributed by atoms with Gasteiger partial charge in [-0.15, -0.1) is 0 Å². The van der Waals surface area contributed by atoms with Crippen LogP contribution in [0.4, 0.5) is 14.5 Å². The molecule has 2 saturated carbocycles. The minimum atomic E-state index is -0.387. The van der Waals surface area contributed by atoms with Crippen LogP contribution in [0.1, 0.15) is 25.7 Å². The smallest absolute Gasteiger partial charge is 0.146 e. The lowest BCUT2D eigenvalue weighted by molar-refractivity contribution is 0.348. The molecule has 0 radical (unpaired) electrons. The van der Waals surface area contributed by atoms with E-state index in [-0.39, 0.29) is 11.6 Å². The molecule has 92 valence electrons. The SMILES string of the molecule is Fc1ccc(F)c(NCC2CC3CCC2C3)c1. The number of rotatable bonds is 3. The third-order valence-electron chi connectivity index (χ3n) is 4.37. The highest BCUT2D eigenvalue weighted by Crippen LogP contribution is 2.48. The van der Waals surface area contributed by atoms with E-state index in [4.69, 9.17) is 0 Å². The maximum Gasteiger partial charge on any atom is 0.146 e. The molecule has 1 nitrogen and oxygen atoms in total. The lowest BCUT2D eigenvalue weighted by Crippen LogP contribution is -2.20. The highest BCUT2D eigenvalue weighted by Gasteiger charge is 2.39. The molecule has 0 aliphatic heterocycles. The van der Waals surface area contributed by atoms with Gasteiger partial charge in [0.05, 0.1) is 5.69 Å². The van der Waals surface area contributed by atoms with Crippen LogP contribution in [0.3, 0.4) is 0 Å². The van der Waals surface area contributed by atoms with E-state index in [1.165, 1.54) is 37.8 Å². The molecule has 17 heavy (non-hydrogen) atoms. The monoisotopic (exact) mass is 237 g/mol. The molecule has 1 N–H and O–H groups in total. The fourth-order valence-electron chi connectivity index (χ4n) is 3.50. The lowest BCUT2D eigenvalue weighted by atomic mass is 9.89. The van der Waals surface area contributed by atoms with E-state index in [1.807, 2.05) is 0 Å². The molecular formula is C14H17F2N. The highest BCUT2D eigenvalue weighted by molar-refractivity contribution is 5.44. The number of hydrogen-bond donors (Lipinski definition) is 1. The maximum atomic E-state index is 13.4. The average Bonchev–Trinajstić information content (AvgIpc) is 2.92. The summed E-state index contributed by atoms with van der Waals surface area (Å²) in [5.41, 5.74) is 0.299. The van der Waals surface area contributed by atoms with Crippen LogP contribution in [-0.4, -0.2) is 6.54 Å². The van der Waals surface area contributed by atoms with Gasteiger partial charge >= 0.3 is 0 Å². The van der Waals surface area contributed by atoms with Crippen LogP contribution < -0.4 is 5.32 Å². The summed E-state index contributed by atoms with van der Waals surface area (Å²) in [6.07, 6.45) is 5.30. The zero-order valence-electron chi connectivity index (χ0n) is 9.76. The van der Waals surface area contributed by atoms with Gasteiger partial charge in [-0.05, 0) is 55.2 Å². The fraction of sp³-hybridized carbons (Fsp3) is 0.571. The zero-order valence-corrected chi connectivity index (χ0v) is 9.76. The molecule has 0 heterocycles. The van der Waals surface area contributed by atoms with Crippen molar-refractivity contribution in [2.75, 3.05) is 11.9 Å². The standard InChI is InChI=1S/C14H17F2N/c15-12-3-4-13(16)14(7-12)17-8-11-6-9-1-2-10(11)5-9/h3-4,7,9-11,17H,1-2,5-6,8H2. The number of hydrogen-bond acceptors (Lipinski definition) is 1. The number of anilines is 1. The molecule has 0 amide bonds. The van der Waals surface area contributed by atoms with E-state index in [9.17, 15) is 8.78 Å². The summed E-state index contributed by atoms with van der Waals surface area (Å²) in [5, 5.41) is 3.07. The molecule has 3 unspecified atom stereocenters. The third-order valence-corrected chi connectivity index (χ3v) is 4.37. The quantitative estimate of drug-likeness (QED) is 0.842. The van der Waals surface area contributed by atoms with Crippen molar-refractivity contribution < 1.29 is 8.78 Å². The Hall–Kier alpha value is -1.12. The Kier molecular flexibility index (Phi) is 2.77. The molecule has 0 saturated heterocycles. The largest absolute Gasteiger partial charge is 0.382 e. The highest BCUT2D eigenvalue weighted by atomic mass is 19.1. The summed E-state index contributed by atoms with van der Waals surface area (Å²) < 4.78 is 26.4. The van der Waals surface area contributed by atoms with Crippen LogP contribution in [0.2, 0.25) is 0 Å². The second-order valence-corrected chi connectivity index (χ2v) is 5.44. The van der Waals surface area contributed by atoms with Gasteiger partial charge in [0.1, 0.15) is 11.6 Å². The summed E-state index contributed by atoms with van der Waals surface area (Å²) in [5.74, 6) is 1.60. The van der Waals surface area contributed by atoms with Crippen LogP contribution in [0.5, 0.6) is 0 Å². The Bertz CT molecular complexity index is 419. The first kappa shape index (κ1) is 11.0. The first-order valence-electron chi connectivity index (χ1n) is 6.41. The molecule has 0 spiro atoms. The second-order valence-electron chi connectivity index (χ2n) is 5.44. The summed E-state index contributed by atoms with van der Waals surface area (Å²) in [4.78, 5) is 0. The number of halogens is 2. The Labute approximate surface area is 100 Å². The van der Waals surface area contributed by atoms with Crippen molar-refractivity contribution in [3.8, 4) is 0 Å². The van der Waals surface area contributed by atoms with Crippen LogP contribution in [0.25, 0.3) is 0 Å². The molecular weight excluding hydrogens is 220 g/mol. The molecule has 2 aliphatic rings. The van der Waals surface area contributed by atoms with E-state index in [1.54, 1.807) is 0 Å². The van der Waals surface area contributed by atoms with Crippen molar-refractivity contribution in [1.82, 2.24) is 0 Å². The second kappa shape index (κ2) is 4.28. The van der Waals surface area contributed by atoms with Crippen LogP contribution >= 0.6 is 0 Å². The van der Waals surface area contributed by atoms with Crippen molar-refractivity contribution in [3.63, 3.8) is 0 Å². The minimum absolute atomic E-state index is 0.299. The number of fused-ring (bicyclic) bond motifs is 2. The fourth-order valence-corrected chi connectivity index (χ4v) is 3.50. The van der Waals surface area contributed by atoms with Crippen LogP contribution in [0.15, 0.2) is 18.2 Å². The first-order valence-corrected chi connectivity index (χ1v) is 6.41. The van der Waals surface area contributed by atoms with Gasteiger partial charge in [0.25, 0.3) is 0 Å². The zero-order chi connectivity index (χ0) is 11.8. The minimum Gasteiger partial charge on any atom is -0.382 e. The van der Waals surface area contributed by atoms with Gasteiger partial charge in [0.15, 0.2) is 0 Å². The molecule has 0 aromatic heterocycles. The van der Waals surface area contributed by atoms with E-state index in [2.05, 4.69) is 5.32 Å². The Morgan fingerprint density at radius 3 is 2.76 bits per heavy atom. The molecule has 2 fully saturated rings. The molecule has 3 heteroatoms. The van der Waals surface area contributed by atoms with Gasteiger partial charge in [-0.2, -0.15) is 0 Å². The predicted molar refractivity (Wildman–Crippen MR) is 63.8 cm³/mol. The van der Waals surface area contributed by atoms with Crippen LogP contribution in [-0.2, 0) is 0 Å². The Morgan fingerprint density at radius 2 is 2.06 bits per heavy atom. The van der Waals surface area contributed by atoms with Gasteiger partial charge in [-0.1, -0.05) is 6.42 Å². The van der Waals surface area contributed by atoms with Crippen molar-refractivity contribution in [3.05, 3.63) is 29.8 Å². The van der Waals surface area contributed by atoms with Gasteiger partial charge < -0.3 is 5.32 Å². The van der Waals surface area contributed by atoms with Gasteiger partial charge in [-0.3, -0.25) is 0 Å². The lowest BCUT2D eigenvalue weighted by Gasteiger charge is -2.22. The molecule has 3 rings (SSSR count). The normalized spacial score (nSPS) is 30.8. The van der Waals surface area contributed by atoms with Gasteiger partial charge in [0.2, 0.25) is 0 Å². The van der Waals surface area contributed by atoms with Crippen molar-refractivity contribution in [2.45, 2.75) is 25.7 Å². The molecule has 2 aliphatic carbocycles. The maximum absolute atomic E-state index is 13.4. The number of benzene rings is 1. The summed E-state index contributed by atoms with van der Waals surface area (Å²) in [7, 11) is 0. The van der Waals surface area contributed by atoms with Gasteiger partial charge in [-0.25, -0.2) is 8.78 Å². The average molecular weight is 237 g/mol. The predicted octanol–water partition coefficient (Wildman–Crippen LogP) is 3.81. The Balaban J connectivity index is 1.62. The summed E-state index contributed by atoms with van der Waals surface area (Å²) in [6, 6.07) is 3.57. The van der Waals surface area contributed by atoms with E-state index in [0.717, 1.165) is 24.4 Å². The summed E-state index contributed by atoms with van der Waals surface area (Å²) in [6.45, 7) is 0.779. The molecule has 1 aromatic rings. The van der Waals surface area contributed by atoms with E-state index >= 15 is 0 Å². The van der Waals surface area contributed by atoms with Crippen molar-refractivity contribution in [2.24, 2.45) is 17.8 Å². The number of nitrogens with one attached hydrogen (secondary N) is 1. The van der Waals surface area contributed by atoms with Crippen molar-refractivity contribution in [1.29, 1.82) is 0 Å². The molecule has 2 bridgehead atoms. The topological polar surface area (TPSA) is 12.0 Å². The molecule has 3 atom stereocenters. The van der Waals surface area contributed by atoms with E-state index in [0.29, 0.717) is 11.6 Å². The first-order chi connectivity index (χ1) is 8.22. The van der Waals surface area contributed by atoms with E-state index < -0.39 is 0 Å². The Morgan fingerprint density at radius 1 is 1.18 bits per heavy atom. The molecule has 1 aromatic carbocycles.